The van der Waals surface area contributed by atoms with Crippen molar-refractivity contribution in [2.75, 3.05) is 24.6 Å². The fourth-order valence-electron chi connectivity index (χ4n) is 4.66. The van der Waals surface area contributed by atoms with Crippen molar-refractivity contribution in [3.63, 3.8) is 0 Å². The Labute approximate surface area is 191 Å². The lowest BCUT2D eigenvalue weighted by atomic mass is 9.84. The van der Waals surface area contributed by atoms with Crippen LogP contribution in [0.3, 0.4) is 0 Å². The molecule has 1 saturated carbocycles. The van der Waals surface area contributed by atoms with Crippen LogP contribution in [0, 0.1) is 20.8 Å². The zero-order chi connectivity index (χ0) is 23.2. The van der Waals surface area contributed by atoms with E-state index in [4.69, 9.17) is 19.7 Å². The van der Waals surface area contributed by atoms with Crippen LogP contribution in [-0.4, -0.2) is 50.5 Å². The molecule has 3 aromatic heterocycles. The molecule has 9 heteroatoms. The molecule has 1 aliphatic carbocycles. The highest BCUT2D eigenvalue weighted by molar-refractivity contribution is 5.75. The van der Waals surface area contributed by atoms with Crippen LogP contribution >= 0.6 is 0 Å². The molecule has 2 aliphatic rings. The third-order valence-electron chi connectivity index (χ3n) is 6.70. The van der Waals surface area contributed by atoms with Crippen LogP contribution in [0.25, 0.3) is 11.2 Å². The zero-order valence-corrected chi connectivity index (χ0v) is 19.2. The van der Waals surface area contributed by atoms with Gasteiger partial charge in [0.15, 0.2) is 5.65 Å². The molecule has 4 heterocycles. The van der Waals surface area contributed by atoms with Crippen molar-refractivity contribution in [3.05, 3.63) is 46.7 Å². The Morgan fingerprint density at radius 1 is 1.03 bits per heavy atom. The van der Waals surface area contributed by atoms with Gasteiger partial charge in [-0.25, -0.2) is 23.7 Å². The number of hydrogen-bond donors (Lipinski definition) is 0. The average Bonchev–Trinajstić information content (AvgIpc) is 2.79. The first-order chi connectivity index (χ1) is 15.8. The van der Waals surface area contributed by atoms with Gasteiger partial charge in [-0.1, -0.05) is 0 Å². The summed E-state index contributed by atoms with van der Waals surface area (Å²) in [5.74, 6) is -2.11. The number of ether oxygens (including phenoxy) is 1. The lowest BCUT2D eigenvalue weighted by Gasteiger charge is -2.34. The molecule has 0 aromatic carbocycles. The number of alkyl halides is 2. The number of morpholine rings is 1. The summed E-state index contributed by atoms with van der Waals surface area (Å²) in [5, 5.41) is 0. The summed E-state index contributed by atoms with van der Waals surface area (Å²) in [6, 6.07) is 3.99. The van der Waals surface area contributed by atoms with Gasteiger partial charge in [-0.3, -0.25) is 4.98 Å². The van der Waals surface area contributed by atoms with Gasteiger partial charge in [0.1, 0.15) is 11.6 Å². The molecule has 3 aromatic rings. The van der Waals surface area contributed by atoms with Crippen molar-refractivity contribution in [3.8, 4) is 0 Å². The molecule has 0 N–H and O–H groups in total. The predicted molar refractivity (Wildman–Crippen MR) is 121 cm³/mol. The molecule has 5 rings (SSSR count). The van der Waals surface area contributed by atoms with E-state index in [9.17, 15) is 8.78 Å². The van der Waals surface area contributed by atoms with Crippen LogP contribution in [0.4, 0.5) is 14.7 Å². The van der Waals surface area contributed by atoms with Crippen LogP contribution in [-0.2, 0) is 4.74 Å². The number of anilines is 1. The summed E-state index contributed by atoms with van der Waals surface area (Å²) in [4.78, 5) is 25.4. The lowest BCUT2D eigenvalue weighted by Crippen LogP contribution is -2.39. The standard InChI is InChI=1S/C24H28F2N6O/c1-14-12-18(6-9-27-14)19-13-32(10-11-33-19)23-30-20(17-4-7-24(25,26)8-5-17)21-22(31-23)29-16(3)15(2)28-21/h6,9,12,17,19H,4-5,7-8,10-11,13H2,1-3H3/t19-/m0/s1. The molecule has 0 unspecified atom stereocenters. The first-order valence-electron chi connectivity index (χ1n) is 11.5. The van der Waals surface area contributed by atoms with E-state index in [1.54, 1.807) is 6.20 Å². The number of fused-ring (bicyclic) bond motifs is 1. The highest BCUT2D eigenvalue weighted by atomic mass is 19.3. The Hall–Kier alpha value is -2.81. The predicted octanol–water partition coefficient (Wildman–Crippen LogP) is 4.61. The molecule has 7 nitrogen and oxygen atoms in total. The number of hydrogen-bond acceptors (Lipinski definition) is 7. The minimum Gasteiger partial charge on any atom is -0.370 e. The molecule has 1 atom stereocenters. The maximum absolute atomic E-state index is 13.8. The van der Waals surface area contributed by atoms with Gasteiger partial charge < -0.3 is 9.64 Å². The molecular formula is C24H28F2N6O. The molecule has 33 heavy (non-hydrogen) atoms. The number of pyridine rings is 1. The highest BCUT2D eigenvalue weighted by Crippen LogP contribution is 2.42. The fourth-order valence-corrected chi connectivity index (χ4v) is 4.66. The molecule has 0 bridgehead atoms. The Morgan fingerprint density at radius 2 is 1.79 bits per heavy atom. The topological polar surface area (TPSA) is 76.9 Å². The Morgan fingerprint density at radius 3 is 2.55 bits per heavy atom. The molecular weight excluding hydrogens is 426 g/mol. The van der Waals surface area contributed by atoms with E-state index in [0.29, 0.717) is 49.7 Å². The average molecular weight is 455 g/mol. The first-order valence-corrected chi connectivity index (χ1v) is 11.5. The molecule has 1 aliphatic heterocycles. The normalized spacial score (nSPS) is 21.5. The third kappa shape index (κ3) is 4.51. The summed E-state index contributed by atoms with van der Waals surface area (Å²) in [6.45, 7) is 7.54. The summed E-state index contributed by atoms with van der Waals surface area (Å²) in [7, 11) is 0. The highest BCUT2D eigenvalue weighted by Gasteiger charge is 2.37. The van der Waals surface area contributed by atoms with Gasteiger partial charge >= 0.3 is 0 Å². The van der Waals surface area contributed by atoms with Crippen molar-refractivity contribution in [1.82, 2.24) is 24.9 Å². The van der Waals surface area contributed by atoms with E-state index < -0.39 is 5.92 Å². The molecule has 174 valence electrons. The van der Waals surface area contributed by atoms with Crippen LogP contribution in [0.2, 0.25) is 0 Å². The van der Waals surface area contributed by atoms with Crippen LogP contribution < -0.4 is 4.90 Å². The van der Waals surface area contributed by atoms with Crippen molar-refractivity contribution >= 4 is 17.1 Å². The van der Waals surface area contributed by atoms with Gasteiger partial charge in [0, 0.05) is 37.2 Å². The van der Waals surface area contributed by atoms with E-state index in [0.717, 1.165) is 28.3 Å². The summed E-state index contributed by atoms with van der Waals surface area (Å²) in [6.07, 6.45) is 2.18. The van der Waals surface area contributed by atoms with E-state index in [-0.39, 0.29) is 24.9 Å². The van der Waals surface area contributed by atoms with E-state index in [1.807, 2.05) is 32.9 Å². The number of aromatic nitrogens is 5. The maximum atomic E-state index is 13.8. The minimum absolute atomic E-state index is 0.0787. The van der Waals surface area contributed by atoms with Crippen molar-refractivity contribution in [2.45, 2.75) is 64.4 Å². The van der Waals surface area contributed by atoms with Gasteiger partial charge in [-0.05, 0) is 51.3 Å². The number of halogens is 2. The quantitative estimate of drug-likeness (QED) is 0.572. The molecule has 0 amide bonds. The maximum Gasteiger partial charge on any atom is 0.248 e. The Balaban J connectivity index is 1.52. The van der Waals surface area contributed by atoms with Crippen LogP contribution in [0.5, 0.6) is 0 Å². The molecule has 0 radical (unpaired) electrons. The minimum atomic E-state index is -2.60. The summed E-state index contributed by atoms with van der Waals surface area (Å²) in [5.41, 5.74) is 5.51. The number of rotatable bonds is 3. The van der Waals surface area contributed by atoms with Crippen molar-refractivity contribution in [2.24, 2.45) is 0 Å². The van der Waals surface area contributed by atoms with Crippen LogP contribution in [0.1, 0.15) is 66.0 Å². The SMILES string of the molecule is Cc1cc([C@@H]2CN(c3nc(C4CCC(F)(F)CC4)c4nc(C)c(C)nc4n3)CCO2)ccn1. The van der Waals surface area contributed by atoms with Crippen LogP contribution in [0.15, 0.2) is 18.3 Å². The zero-order valence-electron chi connectivity index (χ0n) is 19.2. The van der Waals surface area contributed by atoms with Gasteiger partial charge in [0.25, 0.3) is 0 Å². The van der Waals surface area contributed by atoms with Gasteiger partial charge in [-0.15, -0.1) is 0 Å². The number of aryl methyl sites for hydroxylation is 3. The molecule has 1 saturated heterocycles. The van der Waals surface area contributed by atoms with Crippen molar-refractivity contribution < 1.29 is 13.5 Å². The monoisotopic (exact) mass is 454 g/mol. The summed E-state index contributed by atoms with van der Waals surface area (Å²) < 4.78 is 33.7. The van der Waals surface area contributed by atoms with Gasteiger partial charge in [0.05, 0.1) is 30.2 Å². The van der Waals surface area contributed by atoms with E-state index in [2.05, 4.69) is 14.9 Å². The number of nitrogens with zero attached hydrogens (tertiary/aromatic N) is 6. The first kappa shape index (κ1) is 22.0. The van der Waals surface area contributed by atoms with E-state index >= 15 is 0 Å². The smallest absolute Gasteiger partial charge is 0.248 e. The van der Waals surface area contributed by atoms with Gasteiger partial charge in [-0.2, -0.15) is 4.98 Å². The Kier molecular flexibility index (Phi) is 5.68. The summed E-state index contributed by atoms with van der Waals surface area (Å²) >= 11 is 0. The lowest BCUT2D eigenvalue weighted by molar-refractivity contribution is -0.0384. The second kappa shape index (κ2) is 8.52. The van der Waals surface area contributed by atoms with Gasteiger partial charge in [0.2, 0.25) is 11.9 Å². The van der Waals surface area contributed by atoms with Crippen molar-refractivity contribution in [1.29, 1.82) is 0 Å². The fraction of sp³-hybridized carbons (Fsp3) is 0.542. The molecule has 2 fully saturated rings. The Bertz CT molecular complexity index is 1180. The van der Waals surface area contributed by atoms with E-state index in [1.165, 1.54) is 0 Å². The second-order valence-corrected chi connectivity index (χ2v) is 9.14. The largest absolute Gasteiger partial charge is 0.370 e. The molecule has 0 spiro atoms. The third-order valence-corrected chi connectivity index (χ3v) is 6.70. The second-order valence-electron chi connectivity index (χ2n) is 9.14.